The summed E-state index contributed by atoms with van der Waals surface area (Å²) >= 11 is 0. The fourth-order valence-corrected chi connectivity index (χ4v) is 4.82. The van der Waals surface area contributed by atoms with Crippen LogP contribution in [-0.4, -0.2) is 17.4 Å². The Bertz CT molecular complexity index is 1110. The third-order valence-corrected chi connectivity index (χ3v) is 6.44. The van der Waals surface area contributed by atoms with Crippen molar-refractivity contribution in [2.45, 2.75) is 64.7 Å². The molecule has 32 heavy (non-hydrogen) atoms. The zero-order chi connectivity index (χ0) is 22.5. The molecule has 0 aliphatic heterocycles. The number of aromatic nitrogens is 1. The van der Waals surface area contributed by atoms with Crippen molar-refractivity contribution < 1.29 is 4.79 Å². The third-order valence-electron chi connectivity index (χ3n) is 6.44. The largest absolute Gasteiger partial charge is 0.397 e. The number of benzene rings is 2. The molecule has 1 aromatic heterocycles. The molecule has 2 aromatic carbocycles. The van der Waals surface area contributed by atoms with Gasteiger partial charge in [-0.05, 0) is 74.8 Å². The number of nitrogens with zero attached hydrogens (tertiary/aromatic N) is 2. The fourth-order valence-electron chi connectivity index (χ4n) is 4.82. The molecule has 5 heteroatoms. The molecule has 0 bridgehead atoms. The van der Waals surface area contributed by atoms with Crippen LogP contribution in [0.25, 0.3) is 10.9 Å². The van der Waals surface area contributed by atoms with Crippen LogP contribution < -0.4 is 16.4 Å². The second-order valence-electron chi connectivity index (χ2n) is 8.95. The van der Waals surface area contributed by atoms with E-state index in [9.17, 15) is 4.79 Å². The van der Waals surface area contributed by atoms with Crippen LogP contribution in [0.1, 0.15) is 61.8 Å². The van der Waals surface area contributed by atoms with Gasteiger partial charge in [0.2, 0.25) is 5.91 Å². The van der Waals surface area contributed by atoms with Crippen LogP contribution in [0.15, 0.2) is 42.5 Å². The van der Waals surface area contributed by atoms with Crippen molar-refractivity contribution in [1.82, 2.24) is 4.98 Å². The molecular formula is C27H34N4O. The van der Waals surface area contributed by atoms with Gasteiger partial charge in [0.25, 0.3) is 0 Å². The first-order chi connectivity index (χ1) is 15.5. The summed E-state index contributed by atoms with van der Waals surface area (Å²) in [6, 6.07) is 14.8. The first-order valence-electron chi connectivity index (χ1n) is 11.9. The van der Waals surface area contributed by atoms with E-state index < -0.39 is 0 Å². The zero-order valence-electron chi connectivity index (χ0n) is 19.1. The molecule has 3 aromatic rings. The Balaban J connectivity index is 1.74. The summed E-state index contributed by atoms with van der Waals surface area (Å²) in [5.74, 6) is -0.214. The van der Waals surface area contributed by atoms with E-state index >= 15 is 0 Å². The van der Waals surface area contributed by atoms with E-state index in [0.29, 0.717) is 6.42 Å². The van der Waals surface area contributed by atoms with E-state index in [4.69, 9.17) is 16.5 Å². The molecule has 4 N–H and O–H groups in total. The Morgan fingerprint density at radius 1 is 1.03 bits per heavy atom. The van der Waals surface area contributed by atoms with Gasteiger partial charge in [0.05, 0.1) is 22.6 Å². The zero-order valence-corrected chi connectivity index (χ0v) is 19.1. The Hall–Kier alpha value is -3.08. The first-order valence-corrected chi connectivity index (χ1v) is 11.9. The highest BCUT2D eigenvalue weighted by atomic mass is 16.1. The topological polar surface area (TPSA) is 85.2 Å². The highest BCUT2D eigenvalue weighted by Crippen LogP contribution is 2.41. The number of amides is 1. The molecule has 1 aliphatic carbocycles. The molecule has 0 saturated carbocycles. The number of primary amides is 1. The van der Waals surface area contributed by atoms with Crippen molar-refractivity contribution in [2.24, 2.45) is 5.73 Å². The van der Waals surface area contributed by atoms with Gasteiger partial charge in [0.1, 0.15) is 0 Å². The molecule has 168 valence electrons. The number of aryl methyl sites for hydroxylation is 2. The molecule has 0 radical (unpaired) electrons. The maximum absolute atomic E-state index is 11.0. The van der Waals surface area contributed by atoms with Crippen LogP contribution in [0.3, 0.4) is 0 Å². The number of unbranched alkanes of at least 4 members (excludes halogenated alkanes) is 3. The van der Waals surface area contributed by atoms with Crippen molar-refractivity contribution in [3.8, 4) is 0 Å². The summed E-state index contributed by atoms with van der Waals surface area (Å²) in [6.45, 7) is 3.00. The van der Waals surface area contributed by atoms with Gasteiger partial charge in [-0.15, -0.1) is 0 Å². The second-order valence-corrected chi connectivity index (χ2v) is 8.95. The Labute approximate surface area is 190 Å². The van der Waals surface area contributed by atoms with Crippen molar-refractivity contribution >= 4 is 33.9 Å². The predicted molar refractivity (Wildman–Crippen MR) is 133 cm³/mol. The number of pyridine rings is 1. The van der Waals surface area contributed by atoms with E-state index in [2.05, 4.69) is 48.2 Å². The molecule has 0 fully saturated rings. The van der Waals surface area contributed by atoms with Crippen LogP contribution in [0.5, 0.6) is 0 Å². The van der Waals surface area contributed by atoms with Crippen molar-refractivity contribution in [1.29, 1.82) is 0 Å². The van der Waals surface area contributed by atoms with E-state index in [1.807, 2.05) is 6.07 Å². The van der Waals surface area contributed by atoms with E-state index in [1.54, 1.807) is 0 Å². The van der Waals surface area contributed by atoms with Crippen LogP contribution in [0.4, 0.5) is 17.1 Å². The van der Waals surface area contributed by atoms with Crippen molar-refractivity contribution in [3.05, 3.63) is 59.3 Å². The minimum atomic E-state index is -0.214. The van der Waals surface area contributed by atoms with Gasteiger partial charge in [-0.2, -0.15) is 0 Å². The van der Waals surface area contributed by atoms with E-state index in [-0.39, 0.29) is 5.91 Å². The summed E-state index contributed by atoms with van der Waals surface area (Å²) in [7, 11) is 0. The van der Waals surface area contributed by atoms with Gasteiger partial charge in [0, 0.05) is 24.0 Å². The van der Waals surface area contributed by atoms with Gasteiger partial charge >= 0.3 is 0 Å². The van der Waals surface area contributed by atoms with Crippen LogP contribution in [0.2, 0.25) is 0 Å². The van der Waals surface area contributed by atoms with Gasteiger partial charge < -0.3 is 16.4 Å². The number of fused-ring (bicyclic) bond motifs is 2. The molecule has 5 nitrogen and oxygen atoms in total. The van der Waals surface area contributed by atoms with Gasteiger partial charge in [-0.25, -0.2) is 0 Å². The lowest BCUT2D eigenvalue weighted by atomic mass is 9.91. The van der Waals surface area contributed by atoms with Crippen LogP contribution >= 0.6 is 0 Å². The standard InChI is InChI=1S/C27H34N4O/c1-19-15-16-22(28)25(18-19)31(17-9-3-2-4-14-26(29)32)27-20-10-5-7-12-23(20)30-24-13-8-6-11-21(24)27/h5,7,10,12,15-16,18H,2-4,6,8-9,11,13-14,17,28H2,1H3,(H2,29,32). The molecule has 0 unspecified atom stereocenters. The van der Waals surface area contributed by atoms with Crippen molar-refractivity contribution in [2.75, 3.05) is 17.2 Å². The summed E-state index contributed by atoms with van der Waals surface area (Å²) in [4.78, 5) is 18.5. The fraction of sp³-hybridized carbons (Fsp3) is 0.407. The lowest BCUT2D eigenvalue weighted by Crippen LogP contribution is -2.23. The van der Waals surface area contributed by atoms with Gasteiger partial charge in [-0.3, -0.25) is 9.78 Å². The average molecular weight is 431 g/mol. The summed E-state index contributed by atoms with van der Waals surface area (Å²) in [5, 5.41) is 1.20. The van der Waals surface area contributed by atoms with Crippen molar-refractivity contribution in [3.63, 3.8) is 0 Å². The quantitative estimate of drug-likeness (QED) is 0.343. The predicted octanol–water partition coefficient (Wildman–Crippen LogP) is 5.58. The van der Waals surface area contributed by atoms with Crippen LogP contribution in [0, 0.1) is 6.92 Å². The Morgan fingerprint density at radius 2 is 1.81 bits per heavy atom. The maximum atomic E-state index is 11.0. The lowest BCUT2D eigenvalue weighted by Gasteiger charge is -2.32. The van der Waals surface area contributed by atoms with Gasteiger partial charge in [0.15, 0.2) is 0 Å². The number of para-hydroxylation sites is 1. The number of hydrogen-bond acceptors (Lipinski definition) is 4. The number of nitrogen functional groups attached to an aromatic ring is 1. The highest BCUT2D eigenvalue weighted by Gasteiger charge is 2.24. The number of anilines is 3. The lowest BCUT2D eigenvalue weighted by molar-refractivity contribution is -0.118. The third kappa shape index (κ3) is 4.87. The molecule has 1 aliphatic rings. The first kappa shape index (κ1) is 22.1. The SMILES string of the molecule is Cc1ccc(N)c(N(CCCCCCC(N)=O)c2c3c(nc4ccccc24)CCCC3)c1. The Morgan fingerprint density at radius 3 is 2.66 bits per heavy atom. The number of carbonyl (C=O) groups excluding carboxylic acids is 1. The smallest absolute Gasteiger partial charge is 0.217 e. The molecular weight excluding hydrogens is 396 g/mol. The summed E-state index contributed by atoms with van der Waals surface area (Å²) in [5.41, 5.74) is 19.8. The normalized spacial score (nSPS) is 13.2. The number of rotatable bonds is 9. The van der Waals surface area contributed by atoms with E-state index in [1.165, 1.54) is 40.7 Å². The average Bonchev–Trinajstić information content (AvgIpc) is 2.79. The number of hydrogen-bond donors (Lipinski definition) is 2. The molecule has 4 rings (SSSR count). The summed E-state index contributed by atoms with van der Waals surface area (Å²) < 4.78 is 0. The monoisotopic (exact) mass is 430 g/mol. The highest BCUT2D eigenvalue weighted by molar-refractivity contribution is 5.97. The van der Waals surface area contributed by atoms with E-state index in [0.717, 1.165) is 62.0 Å². The Kier molecular flexibility index (Phi) is 6.93. The minimum absolute atomic E-state index is 0.214. The number of carbonyl (C=O) groups is 1. The number of nitrogens with two attached hydrogens (primary N) is 2. The molecule has 0 saturated heterocycles. The molecule has 0 atom stereocenters. The van der Waals surface area contributed by atoms with Gasteiger partial charge in [-0.1, -0.05) is 37.1 Å². The molecule has 1 amide bonds. The molecule has 0 spiro atoms. The second kappa shape index (κ2) is 10.0. The summed E-state index contributed by atoms with van der Waals surface area (Å²) in [6.07, 6.45) is 8.91. The maximum Gasteiger partial charge on any atom is 0.217 e. The van der Waals surface area contributed by atoms with Crippen LogP contribution in [-0.2, 0) is 17.6 Å². The minimum Gasteiger partial charge on any atom is -0.397 e. The molecule has 1 heterocycles.